The normalized spacial score (nSPS) is 11.4. The number of fused-ring (bicyclic) bond motifs is 1. The van der Waals surface area contributed by atoms with E-state index in [-0.39, 0.29) is 21.9 Å². The van der Waals surface area contributed by atoms with E-state index in [4.69, 9.17) is 0 Å². The summed E-state index contributed by atoms with van der Waals surface area (Å²) in [7, 11) is -4.55. The van der Waals surface area contributed by atoms with Crippen LogP contribution in [-0.4, -0.2) is 36.5 Å². The van der Waals surface area contributed by atoms with Gasteiger partial charge in [0.15, 0.2) is 0 Å². The third-order valence-corrected chi connectivity index (χ3v) is 4.00. The van der Waals surface area contributed by atoms with Crippen LogP contribution >= 0.6 is 0 Å². The van der Waals surface area contributed by atoms with Gasteiger partial charge in [-0.2, -0.15) is 8.42 Å². The third kappa shape index (κ3) is 2.78. The number of aromatic carboxylic acids is 1. The molecule has 116 valence electrons. The molecule has 0 fully saturated rings. The van der Waals surface area contributed by atoms with E-state index in [1.807, 2.05) is 0 Å². The molecule has 0 spiro atoms. The first-order valence-electron chi connectivity index (χ1n) is 6.32. The van der Waals surface area contributed by atoms with E-state index in [0.717, 1.165) is 6.07 Å². The Hall–Kier alpha value is -2.45. The molecule has 0 radical (unpaired) electrons. The summed E-state index contributed by atoms with van der Waals surface area (Å²) >= 11 is 0. The number of carbonyl (C=O) groups is 2. The Labute approximate surface area is 126 Å². The number of carbonyl (C=O) groups excluding carboxylic acids is 1. The van der Waals surface area contributed by atoms with E-state index in [2.05, 4.69) is 5.32 Å². The molecular weight excluding hydrogens is 310 g/mol. The molecular formula is C14H13NO6S. The van der Waals surface area contributed by atoms with Crippen molar-refractivity contribution in [3.05, 3.63) is 41.5 Å². The number of rotatable bonds is 4. The Balaban J connectivity index is 2.95. The number of carboxylic acid groups (broad SMARTS) is 1. The average molecular weight is 323 g/mol. The topological polar surface area (TPSA) is 121 Å². The van der Waals surface area contributed by atoms with Crippen LogP contribution in [0.2, 0.25) is 0 Å². The summed E-state index contributed by atoms with van der Waals surface area (Å²) in [5.41, 5.74) is -0.188. The molecule has 3 N–H and O–H groups in total. The fraction of sp³-hybridized carbons (Fsp3) is 0.143. The molecule has 22 heavy (non-hydrogen) atoms. The molecule has 2 aromatic carbocycles. The largest absolute Gasteiger partial charge is 0.478 e. The molecule has 0 aliphatic carbocycles. The zero-order valence-electron chi connectivity index (χ0n) is 11.5. The average Bonchev–Trinajstić information content (AvgIpc) is 2.44. The molecule has 2 rings (SSSR count). The number of hydrogen-bond acceptors (Lipinski definition) is 4. The van der Waals surface area contributed by atoms with Gasteiger partial charge >= 0.3 is 5.97 Å². The summed E-state index contributed by atoms with van der Waals surface area (Å²) < 4.78 is 32.2. The highest BCUT2D eigenvalue weighted by atomic mass is 32.2. The number of benzene rings is 2. The van der Waals surface area contributed by atoms with Crippen molar-refractivity contribution in [3.8, 4) is 0 Å². The van der Waals surface area contributed by atoms with Gasteiger partial charge in [0.25, 0.3) is 16.0 Å². The molecule has 0 unspecified atom stereocenters. The number of nitrogens with one attached hydrogen (secondary N) is 1. The van der Waals surface area contributed by atoms with Gasteiger partial charge in [0.1, 0.15) is 4.90 Å². The second kappa shape index (κ2) is 5.74. The first kappa shape index (κ1) is 15.9. The lowest BCUT2D eigenvalue weighted by Crippen LogP contribution is -2.23. The molecule has 0 saturated carbocycles. The second-order valence-electron chi connectivity index (χ2n) is 4.48. The van der Waals surface area contributed by atoms with E-state index < -0.39 is 26.9 Å². The Bertz CT molecular complexity index is 872. The van der Waals surface area contributed by atoms with Crippen LogP contribution < -0.4 is 5.32 Å². The van der Waals surface area contributed by atoms with Gasteiger partial charge in [-0.15, -0.1) is 0 Å². The number of hydrogen-bond donors (Lipinski definition) is 3. The molecule has 0 bridgehead atoms. The summed E-state index contributed by atoms with van der Waals surface area (Å²) in [5.74, 6) is -1.83. The molecule has 0 atom stereocenters. The molecule has 0 saturated heterocycles. The lowest BCUT2D eigenvalue weighted by molar-refractivity contribution is 0.0699. The van der Waals surface area contributed by atoms with Crippen LogP contribution in [0, 0.1) is 0 Å². The Kier molecular flexibility index (Phi) is 4.16. The van der Waals surface area contributed by atoms with Crippen LogP contribution in [-0.2, 0) is 10.1 Å². The molecule has 8 heteroatoms. The highest BCUT2D eigenvalue weighted by Crippen LogP contribution is 2.29. The van der Waals surface area contributed by atoms with Crippen molar-refractivity contribution in [1.82, 2.24) is 5.32 Å². The number of amides is 1. The minimum absolute atomic E-state index is 0.0221. The lowest BCUT2D eigenvalue weighted by atomic mass is 9.98. The summed E-state index contributed by atoms with van der Waals surface area (Å²) in [5, 5.41) is 11.8. The highest BCUT2D eigenvalue weighted by molar-refractivity contribution is 7.86. The Morgan fingerprint density at radius 2 is 1.82 bits per heavy atom. The Morgan fingerprint density at radius 3 is 2.36 bits per heavy atom. The van der Waals surface area contributed by atoms with Crippen LogP contribution in [0.25, 0.3) is 10.8 Å². The fourth-order valence-corrected chi connectivity index (χ4v) is 2.92. The SMILES string of the molecule is CCNC(=O)c1ccc(S(=O)(=O)O)c2cccc(C(=O)O)c12. The van der Waals surface area contributed by atoms with Crippen LogP contribution in [0.1, 0.15) is 27.6 Å². The van der Waals surface area contributed by atoms with Crippen LogP contribution in [0.15, 0.2) is 35.2 Å². The highest BCUT2D eigenvalue weighted by Gasteiger charge is 2.22. The summed E-state index contributed by atoms with van der Waals surface area (Å²) in [6.45, 7) is 2.03. The minimum Gasteiger partial charge on any atom is -0.478 e. The van der Waals surface area contributed by atoms with Crippen molar-refractivity contribution in [1.29, 1.82) is 0 Å². The maximum Gasteiger partial charge on any atom is 0.336 e. The maximum absolute atomic E-state index is 12.1. The predicted molar refractivity (Wildman–Crippen MR) is 78.7 cm³/mol. The van der Waals surface area contributed by atoms with Gasteiger partial charge < -0.3 is 10.4 Å². The maximum atomic E-state index is 12.1. The standard InChI is InChI=1S/C14H13NO6S/c1-2-15-13(16)9-6-7-11(22(19,20)21)8-4-3-5-10(12(8)9)14(17)18/h3-7H,2H2,1H3,(H,15,16)(H,17,18)(H,19,20,21). The van der Waals surface area contributed by atoms with Crippen molar-refractivity contribution >= 4 is 32.8 Å². The van der Waals surface area contributed by atoms with Crippen LogP contribution in [0.4, 0.5) is 0 Å². The van der Waals surface area contributed by atoms with E-state index >= 15 is 0 Å². The quantitative estimate of drug-likeness (QED) is 0.734. The summed E-state index contributed by atoms with van der Waals surface area (Å²) in [6.07, 6.45) is 0. The molecule has 2 aromatic rings. The molecule has 0 aliphatic heterocycles. The second-order valence-corrected chi connectivity index (χ2v) is 5.87. The zero-order valence-corrected chi connectivity index (χ0v) is 12.3. The monoisotopic (exact) mass is 323 g/mol. The Morgan fingerprint density at radius 1 is 1.14 bits per heavy atom. The van der Waals surface area contributed by atoms with Gasteiger partial charge in [-0.25, -0.2) is 4.79 Å². The molecule has 7 nitrogen and oxygen atoms in total. The number of carboxylic acids is 1. The van der Waals surface area contributed by atoms with Gasteiger partial charge in [0, 0.05) is 22.9 Å². The first-order valence-corrected chi connectivity index (χ1v) is 7.76. The summed E-state index contributed by atoms with van der Waals surface area (Å²) in [4.78, 5) is 23.0. The summed E-state index contributed by atoms with van der Waals surface area (Å²) in [6, 6.07) is 6.22. The fourth-order valence-electron chi connectivity index (χ4n) is 2.23. The van der Waals surface area contributed by atoms with E-state index in [9.17, 15) is 27.7 Å². The first-order chi connectivity index (χ1) is 10.3. The van der Waals surface area contributed by atoms with Crippen LogP contribution in [0.5, 0.6) is 0 Å². The third-order valence-electron chi connectivity index (χ3n) is 3.09. The smallest absolute Gasteiger partial charge is 0.336 e. The van der Waals surface area contributed by atoms with Crippen molar-refractivity contribution in [2.24, 2.45) is 0 Å². The molecule has 0 aliphatic rings. The van der Waals surface area contributed by atoms with Gasteiger partial charge in [0.05, 0.1) is 5.56 Å². The van der Waals surface area contributed by atoms with Crippen molar-refractivity contribution in [2.75, 3.05) is 6.54 Å². The zero-order chi connectivity index (χ0) is 16.5. The van der Waals surface area contributed by atoms with Crippen LogP contribution in [0.3, 0.4) is 0 Å². The van der Waals surface area contributed by atoms with E-state index in [1.165, 1.54) is 24.3 Å². The van der Waals surface area contributed by atoms with Gasteiger partial charge in [-0.1, -0.05) is 12.1 Å². The lowest BCUT2D eigenvalue weighted by Gasteiger charge is -2.11. The van der Waals surface area contributed by atoms with Gasteiger partial charge in [-0.3, -0.25) is 9.35 Å². The van der Waals surface area contributed by atoms with E-state index in [1.54, 1.807) is 6.92 Å². The van der Waals surface area contributed by atoms with Crippen molar-refractivity contribution in [3.63, 3.8) is 0 Å². The molecule has 0 aromatic heterocycles. The van der Waals surface area contributed by atoms with Gasteiger partial charge in [-0.05, 0) is 25.1 Å². The van der Waals surface area contributed by atoms with E-state index in [0.29, 0.717) is 6.54 Å². The predicted octanol–water partition coefficient (Wildman–Crippen LogP) is 1.53. The minimum atomic E-state index is -4.55. The molecule has 1 amide bonds. The molecule has 0 heterocycles. The van der Waals surface area contributed by atoms with Crippen molar-refractivity contribution in [2.45, 2.75) is 11.8 Å². The van der Waals surface area contributed by atoms with Gasteiger partial charge in [0.2, 0.25) is 0 Å². The van der Waals surface area contributed by atoms with Crippen molar-refractivity contribution < 1.29 is 27.7 Å².